The van der Waals surface area contributed by atoms with E-state index in [1.54, 1.807) is 18.2 Å². The first kappa shape index (κ1) is 16.0. The highest BCUT2D eigenvalue weighted by Crippen LogP contribution is 2.32. The normalized spacial score (nSPS) is 10.2. The van der Waals surface area contributed by atoms with E-state index in [0.717, 1.165) is 11.3 Å². The summed E-state index contributed by atoms with van der Waals surface area (Å²) in [7, 11) is 1.49. The number of thiophene rings is 1. The number of nitrogens with two attached hydrogens (primary N) is 1. The molecule has 2 rings (SSSR count). The van der Waals surface area contributed by atoms with Gasteiger partial charge in [-0.15, -0.1) is 11.3 Å². The minimum Gasteiger partial charge on any atom is -0.495 e. The summed E-state index contributed by atoms with van der Waals surface area (Å²) in [6, 6.07) is 6.52. The molecule has 0 radical (unpaired) electrons. The number of thiocarbonyl (C=S) groups is 1. The van der Waals surface area contributed by atoms with Crippen LogP contribution < -0.4 is 15.8 Å². The fourth-order valence-corrected chi connectivity index (χ4v) is 3.22. The van der Waals surface area contributed by atoms with Crippen molar-refractivity contribution >= 4 is 63.3 Å². The molecule has 21 heavy (non-hydrogen) atoms. The Morgan fingerprint density at radius 3 is 2.62 bits per heavy atom. The van der Waals surface area contributed by atoms with E-state index < -0.39 is 0 Å². The zero-order valence-corrected chi connectivity index (χ0v) is 13.9. The summed E-state index contributed by atoms with van der Waals surface area (Å²) in [5.74, 6) is 0.0793. The second kappa shape index (κ2) is 6.62. The Hall–Kier alpha value is -1.34. The molecule has 0 aliphatic heterocycles. The lowest BCUT2D eigenvalue weighted by Crippen LogP contribution is -2.14. The van der Waals surface area contributed by atoms with Gasteiger partial charge in [0, 0.05) is 5.56 Å². The summed E-state index contributed by atoms with van der Waals surface area (Å²) in [4.78, 5) is 12.4. The fourth-order valence-electron chi connectivity index (χ4n) is 1.63. The van der Waals surface area contributed by atoms with Crippen molar-refractivity contribution in [2.24, 2.45) is 5.73 Å². The monoisotopic (exact) mass is 360 g/mol. The molecule has 0 unspecified atom stereocenters. The number of benzene rings is 1. The Balaban J connectivity index is 2.29. The molecule has 3 N–H and O–H groups in total. The Kier molecular flexibility index (Phi) is 5.05. The van der Waals surface area contributed by atoms with E-state index in [0.29, 0.717) is 31.2 Å². The number of amides is 1. The van der Waals surface area contributed by atoms with Crippen LogP contribution in [-0.2, 0) is 0 Å². The van der Waals surface area contributed by atoms with E-state index in [9.17, 15) is 4.79 Å². The molecule has 0 aliphatic rings. The predicted molar refractivity (Wildman–Crippen MR) is 91.2 cm³/mol. The molecule has 2 aromatic rings. The number of nitrogens with one attached hydrogen (secondary N) is 1. The van der Waals surface area contributed by atoms with Crippen molar-refractivity contribution in [2.45, 2.75) is 0 Å². The minimum atomic E-state index is -0.371. The smallest absolute Gasteiger partial charge is 0.258 e. The van der Waals surface area contributed by atoms with Gasteiger partial charge in [0.25, 0.3) is 5.91 Å². The lowest BCUT2D eigenvalue weighted by atomic mass is 10.2. The molecule has 0 aliphatic carbocycles. The van der Waals surface area contributed by atoms with Crippen LogP contribution in [0.1, 0.15) is 15.9 Å². The van der Waals surface area contributed by atoms with Crippen LogP contribution in [0.3, 0.4) is 0 Å². The summed E-state index contributed by atoms with van der Waals surface area (Å²) in [5, 5.41) is 2.71. The molecule has 0 spiro atoms. The van der Waals surface area contributed by atoms with Crippen LogP contribution in [0.25, 0.3) is 0 Å². The van der Waals surface area contributed by atoms with Crippen molar-refractivity contribution < 1.29 is 9.53 Å². The van der Waals surface area contributed by atoms with Crippen LogP contribution in [0, 0.1) is 0 Å². The molecule has 0 bridgehead atoms. The van der Waals surface area contributed by atoms with Gasteiger partial charge >= 0.3 is 0 Å². The zero-order valence-electron chi connectivity index (χ0n) is 10.8. The van der Waals surface area contributed by atoms with Gasteiger partial charge in [-0.2, -0.15) is 0 Å². The van der Waals surface area contributed by atoms with Crippen LogP contribution in [0.15, 0.2) is 24.3 Å². The van der Waals surface area contributed by atoms with Crippen molar-refractivity contribution in [3.8, 4) is 5.75 Å². The highest BCUT2D eigenvalue weighted by molar-refractivity contribution is 7.80. The number of hydrogen-bond donors (Lipinski definition) is 2. The number of methoxy groups -OCH3 is 1. The van der Waals surface area contributed by atoms with Crippen LogP contribution in [0.4, 0.5) is 5.69 Å². The average Bonchev–Trinajstić information content (AvgIpc) is 2.78. The lowest BCUT2D eigenvalue weighted by Gasteiger charge is -2.11. The van der Waals surface area contributed by atoms with E-state index in [1.807, 2.05) is 0 Å². The van der Waals surface area contributed by atoms with Crippen LogP contribution >= 0.6 is 46.8 Å². The minimum absolute atomic E-state index is 0.249. The van der Waals surface area contributed by atoms with E-state index in [2.05, 4.69) is 5.32 Å². The molecular weight excluding hydrogens is 351 g/mol. The average molecular weight is 361 g/mol. The first-order chi connectivity index (χ1) is 9.92. The Labute approximate surface area is 140 Å². The third-order valence-corrected chi connectivity index (χ3v) is 4.36. The van der Waals surface area contributed by atoms with Crippen molar-refractivity contribution in [1.82, 2.24) is 0 Å². The summed E-state index contributed by atoms with van der Waals surface area (Å²) >= 11 is 17.8. The lowest BCUT2D eigenvalue weighted by molar-refractivity contribution is 0.102. The Bertz CT molecular complexity index is 716. The highest BCUT2D eigenvalue weighted by Gasteiger charge is 2.16. The predicted octanol–water partition coefficient (Wildman–Crippen LogP) is 3.95. The molecule has 0 atom stereocenters. The summed E-state index contributed by atoms with van der Waals surface area (Å²) < 4.78 is 6.00. The molecule has 1 amide bonds. The van der Waals surface area contributed by atoms with E-state index in [4.69, 9.17) is 45.9 Å². The Morgan fingerprint density at radius 2 is 2.10 bits per heavy atom. The molecule has 110 valence electrons. The van der Waals surface area contributed by atoms with Crippen molar-refractivity contribution in [2.75, 3.05) is 12.4 Å². The molecule has 4 nitrogen and oxygen atoms in total. The van der Waals surface area contributed by atoms with Gasteiger partial charge in [0.2, 0.25) is 0 Å². The number of carbonyl (C=O) groups excluding carboxylic acids is 1. The van der Waals surface area contributed by atoms with Gasteiger partial charge in [0.1, 0.15) is 15.1 Å². The highest BCUT2D eigenvalue weighted by atomic mass is 35.5. The van der Waals surface area contributed by atoms with Gasteiger partial charge < -0.3 is 15.8 Å². The largest absolute Gasteiger partial charge is 0.495 e. The number of anilines is 1. The SMILES string of the molecule is COc1cc(C(N)=S)ccc1NC(=O)c1cc(Cl)sc1Cl. The third-order valence-electron chi connectivity index (χ3n) is 2.64. The van der Waals surface area contributed by atoms with Gasteiger partial charge in [-0.25, -0.2) is 0 Å². The number of rotatable bonds is 4. The van der Waals surface area contributed by atoms with Crippen molar-refractivity contribution in [3.63, 3.8) is 0 Å². The van der Waals surface area contributed by atoms with Crippen molar-refractivity contribution in [3.05, 3.63) is 44.1 Å². The fraction of sp³-hybridized carbons (Fsp3) is 0.0769. The quantitative estimate of drug-likeness (QED) is 0.810. The van der Waals surface area contributed by atoms with Gasteiger partial charge in [-0.05, 0) is 24.3 Å². The maximum Gasteiger partial charge on any atom is 0.258 e. The van der Waals surface area contributed by atoms with Gasteiger partial charge in [-0.3, -0.25) is 4.79 Å². The molecule has 0 fully saturated rings. The van der Waals surface area contributed by atoms with Gasteiger partial charge in [-0.1, -0.05) is 35.4 Å². The second-order valence-electron chi connectivity index (χ2n) is 3.97. The maximum absolute atomic E-state index is 12.2. The molecule has 1 aromatic heterocycles. The molecular formula is C13H10Cl2N2O2S2. The maximum atomic E-state index is 12.2. The van der Waals surface area contributed by atoms with Crippen LogP contribution in [0.5, 0.6) is 5.75 Å². The number of carbonyl (C=O) groups is 1. The van der Waals surface area contributed by atoms with Crippen LogP contribution in [-0.4, -0.2) is 18.0 Å². The molecule has 8 heteroatoms. The Morgan fingerprint density at radius 1 is 1.38 bits per heavy atom. The summed E-state index contributed by atoms with van der Waals surface area (Å²) in [6.07, 6.45) is 0. The van der Waals surface area contributed by atoms with E-state index in [1.165, 1.54) is 13.2 Å². The first-order valence-corrected chi connectivity index (χ1v) is 7.64. The van der Waals surface area contributed by atoms with E-state index in [-0.39, 0.29) is 10.9 Å². The first-order valence-electron chi connectivity index (χ1n) is 5.66. The topological polar surface area (TPSA) is 64.3 Å². The molecule has 1 aromatic carbocycles. The standard InChI is InChI=1S/C13H10Cl2N2O2S2/c1-19-9-4-6(12(16)20)2-3-8(9)17-13(18)7-5-10(14)21-11(7)15/h2-5H,1H3,(H2,16,20)(H,17,18). The van der Waals surface area contributed by atoms with E-state index >= 15 is 0 Å². The number of halogens is 2. The van der Waals surface area contributed by atoms with Crippen LogP contribution in [0.2, 0.25) is 8.67 Å². The van der Waals surface area contributed by atoms with Gasteiger partial charge in [0.05, 0.1) is 22.7 Å². The van der Waals surface area contributed by atoms with Gasteiger partial charge in [0.15, 0.2) is 0 Å². The molecule has 0 saturated carbocycles. The number of hydrogen-bond acceptors (Lipinski definition) is 4. The number of ether oxygens (including phenoxy) is 1. The zero-order chi connectivity index (χ0) is 15.6. The molecule has 1 heterocycles. The summed E-state index contributed by atoms with van der Waals surface area (Å²) in [6.45, 7) is 0. The third kappa shape index (κ3) is 3.65. The van der Waals surface area contributed by atoms with Crippen molar-refractivity contribution in [1.29, 1.82) is 0 Å². The summed E-state index contributed by atoms with van der Waals surface area (Å²) in [5.41, 5.74) is 7.01. The molecule has 0 saturated heterocycles. The second-order valence-corrected chi connectivity index (χ2v) is 6.70.